The zero-order valence-electron chi connectivity index (χ0n) is 18.6. The third-order valence-electron chi connectivity index (χ3n) is 5.30. The number of nitrogens with one attached hydrogen (secondary N) is 1. The molecule has 1 amide bonds. The lowest BCUT2D eigenvalue weighted by atomic mass is 10.0. The molecule has 0 radical (unpaired) electrons. The quantitative estimate of drug-likeness (QED) is 0.446. The van der Waals surface area contributed by atoms with Crippen LogP contribution in [0.1, 0.15) is 47.3 Å². The van der Waals surface area contributed by atoms with Crippen LogP contribution in [0.5, 0.6) is 0 Å². The van der Waals surface area contributed by atoms with E-state index in [9.17, 15) is 9.59 Å². The number of carbonyl (C=O) groups excluding carboxylic acids is 1. The number of nitrogens with zero attached hydrogens (tertiary/aromatic N) is 4. The first-order chi connectivity index (χ1) is 15.8. The molecule has 0 bridgehead atoms. The Morgan fingerprint density at radius 1 is 1.06 bits per heavy atom. The van der Waals surface area contributed by atoms with Crippen LogP contribution in [-0.4, -0.2) is 25.2 Å². The number of amides is 1. The Labute approximate surface area is 196 Å². The van der Waals surface area contributed by atoms with Crippen molar-refractivity contribution in [2.24, 2.45) is 0 Å². The number of aromatic nitrogens is 4. The molecule has 2 heterocycles. The first-order valence-corrected chi connectivity index (χ1v) is 11.0. The van der Waals surface area contributed by atoms with Gasteiger partial charge in [-0.2, -0.15) is 0 Å². The van der Waals surface area contributed by atoms with Gasteiger partial charge in [-0.3, -0.25) is 9.59 Å². The molecular formula is C25H24ClN5O2. The molecule has 2 aromatic heterocycles. The van der Waals surface area contributed by atoms with E-state index < -0.39 is 5.91 Å². The fourth-order valence-corrected chi connectivity index (χ4v) is 3.80. The molecule has 8 heteroatoms. The molecule has 168 valence electrons. The second kappa shape index (κ2) is 9.42. The van der Waals surface area contributed by atoms with E-state index in [4.69, 9.17) is 11.6 Å². The van der Waals surface area contributed by atoms with Crippen LogP contribution in [0.4, 0.5) is 5.69 Å². The normalized spacial score (nSPS) is 11.1. The highest BCUT2D eigenvalue weighted by molar-refractivity contribution is 6.31. The number of aryl methyl sites for hydroxylation is 1. The number of carbonyl (C=O) groups is 1. The molecule has 4 aromatic rings. The average molecular weight is 462 g/mol. The molecule has 1 N–H and O–H groups in total. The lowest BCUT2D eigenvalue weighted by Gasteiger charge is -2.12. The van der Waals surface area contributed by atoms with Crippen LogP contribution >= 0.6 is 11.6 Å². The van der Waals surface area contributed by atoms with Crippen LogP contribution in [0.15, 0.2) is 71.7 Å². The van der Waals surface area contributed by atoms with E-state index in [2.05, 4.69) is 29.2 Å². The molecule has 0 spiro atoms. The molecule has 0 aliphatic carbocycles. The minimum Gasteiger partial charge on any atom is -0.318 e. The lowest BCUT2D eigenvalue weighted by Crippen LogP contribution is -2.21. The topological polar surface area (TPSA) is 81.8 Å². The highest BCUT2D eigenvalue weighted by atomic mass is 35.5. The maximum absolute atomic E-state index is 12.9. The van der Waals surface area contributed by atoms with E-state index >= 15 is 0 Å². The number of halogens is 1. The summed E-state index contributed by atoms with van der Waals surface area (Å²) in [4.78, 5) is 29.6. The molecule has 2 aromatic carbocycles. The van der Waals surface area contributed by atoms with Crippen molar-refractivity contribution < 1.29 is 4.79 Å². The maximum Gasteiger partial charge on any atom is 0.295 e. The summed E-state index contributed by atoms with van der Waals surface area (Å²) in [5, 5.41) is 7.81. The summed E-state index contributed by atoms with van der Waals surface area (Å²) in [7, 11) is 0. The van der Waals surface area contributed by atoms with Gasteiger partial charge < -0.3 is 9.88 Å². The predicted octanol–water partition coefficient (Wildman–Crippen LogP) is 4.81. The number of pyridine rings is 1. The summed E-state index contributed by atoms with van der Waals surface area (Å²) in [5.41, 5.74) is 3.08. The first-order valence-electron chi connectivity index (χ1n) is 10.6. The van der Waals surface area contributed by atoms with Gasteiger partial charge in [-0.05, 0) is 42.2 Å². The van der Waals surface area contributed by atoms with Gasteiger partial charge >= 0.3 is 0 Å². The SMILES string of the molecule is Cc1nc(C(=O)Nc2ccc(=O)n(Cc3ccccc3Cl)c2)nn1-c1ccccc1C(C)C. The van der Waals surface area contributed by atoms with Crippen molar-refractivity contribution in [1.82, 2.24) is 19.3 Å². The molecule has 4 rings (SSSR count). The molecule has 0 aliphatic heterocycles. The second-order valence-electron chi connectivity index (χ2n) is 8.04. The van der Waals surface area contributed by atoms with E-state index in [1.54, 1.807) is 23.0 Å². The van der Waals surface area contributed by atoms with E-state index in [0.717, 1.165) is 16.8 Å². The van der Waals surface area contributed by atoms with Gasteiger partial charge in [0.15, 0.2) is 0 Å². The highest BCUT2D eigenvalue weighted by Gasteiger charge is 2.18. The number of benzene rings is 2. The van der Waals surface area contributed by atoms with Gasteiger partial charge in [-0.1, -0.05) is 61.8 Å². The summed E-state index contributed by atoms with van der Waals surface area (Å²) in [6.07, 6.45) is 1.58. The van der Waals surface area contributed by atoms with Gasteiger partial charge in [0, 0.05) is 17.3 Å². The Kier molecular flexibility index (Phi) is 6.42. The third kappa shape index (κ3) is 4.88. The monoisotopic (exact) mass is 461 g/mol. The predicted molar refractivity (Wildman–Crippen MR) is 129 cm³/mol. The van der Waals surface area contributed by atoms with Crippen LogP contribution in [0, 0.1) is 6.92 Å². The third-order valence-corrected chi connectivity index (χ3v) is 5.67. The largest absolute Gasteiger partial charge is 0.318 e. The van der Waals surface area contributed by atoms with E-state index in [0.29, 0.717) is 29.0 Å². The first kappa shape index (κ1) is 22.5. The average Bonchev–Trinajstić information content (AvgIpc) is 3.19. The Morgan fingerprint density at radius 2 is 1.79 bits per heavy atom. The summed E-state index contributed by atoms with van der Waals surface area (Å²) >= 11 is 6.22. The molecule has 7 nitrogen and oxygen atoms in total. The number of hydrogen-bond donors (Lipinski definition) is 1. The van der Waals surface area contributed by atoms with Crippen molar-refractivity contribution in [3.8, 4) is 5.69 Å². The smallest absolute Gasteiger partial charge is 0.295 e. The van der Waals surface area contributed by atoms with Crippen molar-refractivity contribution >= 4 is 23.2 Å². The molecule has 0 saturated carbocycles. The van der Waals surface area contributed by atoms with Gasteiger partial charge in [-0.15, -0.1) is 5.10 Å². The van der Waals surface area contributed by atoms with E-state index in [1.165, 1.54) is 10.6 Å². The zero-order valence-corrected chi connectivity index (χ0v) is 19.4. The Balaban J connectivity index is 1.58. The standard InChI is InChI=1S/C25H24ClN5O2/c1-16(2)20-9-5-7-11-22(20)31-17(3)27-24(29-31)25(33)28-19-12-13-23(32)30(15-19)14-18-8-4-6-10-21(18)26/h4-13,15-16H,14H2,1-3H3,(H,28,33). The van der Waals surface area contributed by atoms with E-state index in [1.807, 2.05) is 49.4 Å². The molecule has 0 saturated heterocycles. The minimum absolute atomic E-state index is 0.0508. The van der Waals surface area contributed by atoms with Gasteiger partial charge in [0.25, 0.3) is 11.5 Å². The fraction of sp³-hybridized carbons (Fsp3) is 0.200. The van der Waals surface area contributed by atoms with Gasteiger partial charge in [0.05, 0.1) is 17.9 Å². The number of hydrogen-bond acceptors (Lipinski definition) is 4. The highest BCUT2D eigenvalue weighted by Crippen LogP contribution is 2.23. The van der Waals surface area contributed by atoms with Crippen LogP contribution in [0.2, 0.25) is 5.02 Å². The summed E-state index contributed by atoms with van der Waals surface area (Å²) in [6, 6.07) is 18.2. The molecular weight excluding hydrogens is 438 g/mol. The van der Waals surface area contributed by atoms with Gasteiger partial charge in [0.1, 0.15) is 5.82 Å². The molecule has 33 heavy (non-hydrogen) atoms. The molecule has 0 aliphatic rings. The molecule has 0 fully saturated rings. The zero-order chi connectivity index (χ0) is 23.5. The van der Waals surface area contributed by atoms with Crippen molar-refractivity contribution in [2.75, 3.05) is 5.32 Å². The fourth-order valence-electron chi connectivity index (χ4n) is 3.61. The maximum atomic E-state index is 12.9. The van der Waals surface area contributed by atoms with Crippen molar-refractivity contribution in [3.63, 3.8) is 0 Å². The summed E-state index contributed by atoms with van der Waals surface area (Å²) in [5.74, 6) is 0.495. The summed E-state index contributed by atoms with van der Waals surface area (Å²) < 4.78 is 3.18. The molecule has 0 atom stereocenters. The number of para-hydroxylation sites is 1. The number of rotatable bonds is 6. The van der Waals surface area contributed by atoms with Gasteiger partial charge in [0.2, 0.25) is 5.82 Å². The van der Waals surface area contributed by atoms with E-state index in [-0.39, 0.29) is 11.4 Å². The van der Waals surface area contributed by atoms with Crippen molar-refractivity contribution in [1.29, 1.82) is 0 Å². The van der Waals surface area contributed by atoms with Crippen molar-refractivity contribution in [2.45, 2.75) is 33.2 Å². The summed E-state index contributed by atoms with van der Waals surface area (Å²) in [6.45, 7) is 6.32. The Hall–Kier alpha value is -3.71. The van der Waals surface area contributed by atoms with Crippen LogP contribution < -0.4 is 10.9 Å². The van der Waals surface area contributed by atoms with Gasteiger partial charge in [-0.25, -0.2) is 9.67 Å². The van der Waals surface area contributed by atoms with Crippen LogP contribution in [0.3, 0.4) is 0 Å². The van der Waals surface area contributed by atoms with Crippen LogP contribution in [0.25, 0.3) is 5.69 Å². The van der Waals surface area contributed by atoms with Crippen molar-refractivity contribution in [3.05, 3.63) is 105 Å². The minimum atomic E-state index is -0.457. The number of anilines is 1. The van der Waals surface area contributed by atoms with Crippen LogP contribution in [-0.2, 0) is 6.54 Å². The Morgan fingerprint density at radius 3 is 2.55 bits per heavy atom. The second-order valence-corrected chi connectivity index (χ2v) is 8.44. The molecule has 0 unspecified atom stereocenters. The lowest BCUT2D eigenvalue weighted by molar-refractivity contribution is 0.101. The Bertz CT molecular complexity index is 1370.